The van der Waals surface area contributed by atoms with Gasteiger partial charge in [0.1, 0.15) is 10.6 Å². The van der Waals surface area contributed by atoms with E-state index in [-0.39, 0.29) is 10.6 Å². The van der Waals surface area contributed by atoms with Gasteiger partial charge < -0.3 is 4.79 Å². The van der Waals surface area contributed by atoms with Gasteiger partial charge in [0, 0.05) is 6.42 Å². The second-order valence-electron chi connectivity index (χ2n) is 1.99. The standard InChI is InChI=1S/C6H10Cl2O/c1-5(9)3-2-4-6(7)8/h6H,2-4H2,1H3. The number of ketones is 1. The Morgan fingerprint density at radius 2 is 2.11 bits per heavy atom. The highest BCUT2D eigenvalue weighted by atomic mass is 35.5. The number of rotatable bonds is 4. The molecule has 54 valence electrons. The van der Waals surface area contributed by atoms with Crippen molar-refractivity contribution in [3.63, 3.8) is 0 Å². The lowest BCUT2D eigenvalue weighted by Crippen LogP contribution is -1.92. The molecule has 0 amide bonds. The van der Waals surface area contributed by atoms with Gasteiger partial charge in [-0.2, -0.15) is 0 Å². The molecule has 3 heteroatoms. The number of carbonyl (C=O) groups excluding carboxylic acids is 1. The van der Waals surface area contributed by atoms with Crippen LogP contribution in [0.25, 0.3) is 0 Å². The van der Waals surface area contributed by atoms with Crippen molar-refractivity contribution in [3.8, 4) is 0 Å². The minimum Gasteiger partial charge on any atom is -0.300 e. The van der Waals surface area contributed by atoms with Crippen molar-refractivity contribution in [3.05, 3.63) is 0 Å². The average molecular weight is 169 g/mol. The topological polar surface area (TPSA) is 17.1 Å². The first-order valence-corrected chi connectivity index (χ1v) is 3.78. The molecule has 0 heterocycles. The van der Waals surface area contributed by atoms with E-state index in [1.54, 1.807) is 6.92 Å². The van der Waals surface area contributed by atoms with Crippen LogP contribution in [0, 0.1) is 0 Å². The van der Waals surface area contributed by atoms with Crippen LogP contribution >= 0.6 is 23.2 Å². The number of Topliss-reactive ketones (excluding diaryl/α,β-unsaturated/α-hetero) is 1. The lowest BCUT2D eigenvalue weighted by Gasteiger charge is -1.96. The van der Waals surface area contributed by atoms with Gasteiger partial charge in [-0.25, -0.2) is 0 Å². The summed E-state index contributed by atoms with van der Waals surface area (Å²) < 4.78 is 0. The minimum atomic E-state index is -0.315. The Morgan fingerprint density at radius 3 is 2.44 bits per heavy atom. The van der Waals surface area contributed by atoms with Crippen LogP contribution in [0.1, 0.15) is 26.2 Å². The maximum atomic E-state index is 10.3. The second kappa shape index (κ2) is 5.07. The summed E-state index contributed by atoms with van der Waals surface area (Å²) in [6, 6.07) is 0. The molecule has 0 fully saturated rings. The van der Waals surface area contributed by atoms with Crippen LogP contribution in [0.2, 0.25) is 0 Å². The van der Waals surface area contributed by atoms with Crippen LogP contribution in [0.15, 0.2) is 0 Å². The predicted octanol–water partition coefficient (Wildman–Crippen LogP) is 2.55. The van der Waals surface area contributed by atoms with Gasteiger partial charge in [0.05, 0.1) is 0 Å². The Bertz CT molecular complexity index is 91.1. The van der Waals surface area contributed by atoms with E-state index in [9.17, 15) is 4.79 Å². The summed E-state index contributed by atoms with van der Waals surface area (Å²) in [7, 11) is 0. The average Bonchev–Trinajstić information content (AvgIpc) is 1.63. The highest BCUT2D eigenvalue weighted by Gasteiger charge is 1.98. The fourth-order valence-electron chi connectivity index (χ4n) is 0.505. The fraction of sp³-hybridized carbons (Fsp3) is 0.833. The molecule has 0 aliphatic heterocycles. The lowest BCUT2D eigenvalue weighted by molar-refractivity contribution is -0.117. The van der Waals surface area contributed by atoms with Gasteiger partial charge in [0.2, 0.25) is 0 Å². The molecular formula is C6H10Cl2O. The molecule has 0 N–H and O–H groups in total. The quantitative estimate of drug-likeness (QED) is 0.591. The molecule has 0 spiro atoms. The van der Waals surface area contributed by atoms with Crippen LogP contribution in [-0.2, 0) is 4.79 Å². The van der Waals surface area contributed by atoms with Gasteiger partial charge in [0.15, 0.2) is 0 Å². The zero-order valence-corrected chi connectivity index (χ0v) is 6.87. The second-order valence-corrected chi connectivity index (χ2v) is 3.26. The Kier molecular flexibility index (Phi) is 5.21. The van der Waals surface area contributed by atoms with E-state index in [0.717, 1.165) is 6.42 Å². The van der Waals surface area contributed by atoms with Crippen LogP contribution in [0.3, 0.4) is 0 Å². The monoisotopic (exact) mass is 168 g/mol. The van der Waals surface area contributed by atoms with E-state index >= 15 is 0 Å². The van der Waals surface area contributed by atoms with E-state index < -0.39 is 0 Å². The molecule has 0 atom stereocenters. The summed E-state index contributed by atoms with van der Waals surface area (Å²) in [4.78, 5) is 10.0. The SMILES string of the molecule is CC(=O)CCCC(Cl)Cl. The predicted molar refractivity (Wildman–Crippen MR) is 40.0 cm³/mol. The molecule has 0 aromatic heterocycles. The van der Waals surface area contributed by atoms with E-state index in [0.29, 0.717) is 12.8 Å². The summed E-state index contributed by atoms with van der Waals surface area (Å²) in [5.74, 6) is 0.198. The summed E-state index contributed by atoms with van der Waals surface area (Å²) in [5, 5.41) is 0. The minimum absolute atomic E-state index is 0.198. The van der Waals surface area contributed by atoms with Crippen LogP contribution in [0.5, 0.6) is 0 Å². The number of carbonyl (C=O) groups is 1. The lowest BCUT2D eigenvalue weighted by atomic mass is 10.2. The number of hydrogen-bond donors (Lipinski definition) is 0. The normalized spacial score (nSPS) is 10.2. The highest BCUT2D eigenvalue weighted by Crippen LogP contribution is 2.10. The zero-order chi connectivity index (χ0) is 7.28. The number of hydrogen-bond acceptors (Lipinski definition) is 1. The summed E-state index contributed by atoms with van der Waals surface area (Å²) in [6.07, 6.45) is 2.10. The Balaban J connectivity index is 3.01. The maximum Gasteiger partial charge on any atom is 0.129 e. The molecule has 0 saturated carbocycles. The van der Waals surface area contributed by atoms with Gasteiger partial charge in [-0.3, -0.25) is 0 Å². The Labute approximate surface area is 65.3 Å². The van der Waals surface area contributed by atoms with Gasteiger partial charge in [0.25, 0.3) is 0 Å². The largest absolute Gasteiger partial charge is 0.300 e. The third kappa shape index (κ3) is 8.25. The van der Waals surface area contributed by atoms with Crippen LogP contribution in [0.4, 0.5) is 0 Å². The van der Waals surface area contributed by atoms with Gasteiger partial charge in [-0.1, -0.05) is 0 Å². The smallest absolute Gasteiger partial charge is 0.129 e. The van der Waals surface area contributed by atoms with Crippen molar-refractivity contribution in [2.45, 2.75) is 31.0 Å². The molecular weight excluding hydrogens is 159 g/mol. The van der Waals surface area contributed by atoms with Gasteiger partial charge in [-0.15, -0.1) is 23.2 Å². The van der Waals surface area contributed by atoms with Crippen molar-refractivity contribution in [1.29, 1.82) is 0 Å². The summed E-state index contributed by atoms with van der Waals surface area (Å²) in [6.45, 7) is 1.57. The van der Waals surface area contributed by atoms with E-state index in [4.69, 9.17) is 23.2 Å². The van der Waals surface area contributed by atoms with Crippen molar-refractivity contribution in [2.24, 2.45) is 0 Å². The van der Waals surface area contributed by atoms with Crippen LogP contribution < -0.4 is 0 Å². The van der Waals surface area contributed by atoms with E-state index in [1.807, 2.05) is 0 Å². The molecule has 0 aliphatic rings. The molecule has 0 unspecified atom stereocenters. The number of alkyl halides is 2. The maximum absolute atomic E-state index is 10.3. The van der Waals surface area contributed by atoms with Gasteiger partial charge in [-0.05, 0) is 19.8 Å². The van der Waals surface area contributed by atoms with Crippen molar-refractivity contribution in [2.75, 3.05) is 0 Å². The molecule has 0 aromatic carbocycles. The molecule has 0 rings (SSSR count). The van der Waals surface area contributed by atoms with Gasteiger partial charge >= 0.3 is 0 Å². The van der Waals surface area contributed by atoms with Crippen molar-refractivity contribution < 1.29 is 4.79 Å². The van der Waals surface area contributed by atoms with E-state index in [1.165, 1.54) is 0 Å². The summed E-state index contributed by atoms with van der Waals surface area (Å²) >= 11 is 10.8. The Morgan fingerprint density at radius 1 is 1.56 bits per heavy atom. The molecule has 0 radical (unpaired) electrons. The molecule has 0 saturated heterocycles. The molecule has 0 bridgehead atoms. The first kappa shape index (κ1) is 9.25. The Hall–Kier alpha value is 0.250. The molecule has 0 aromatic rings. The molecule has 1 nitrogen and oxygen atoms in total. The van der Waals surface area contributed by atoms with E-state index in [2.05, 4.69) is 0 Å². The third-order valence-corrected chi connectivity index (χ3v) is 1.39. The zero-order valence-electron chi connectivity index (χ0n) is 5.36. The van der Waals surface area contributed by atoms with Crippen LogP contribution in [-0.4, -0.2) is 10.6 Å². The van der Waals surface area contributed by atoms with Crippen molar-refractivity contribution in [1.82, 2.24) is 0 Å². The first-order valence-electron chi connectivity index (χ1n) is 2.90. The third-order valence-electron chi connectivity index (χ3n) is 0.951. The van der Waals surface area contributed by atoms with Crippen molar-refractivity contribution >= 4 is 29.0 Å². The fourth-order valence-corrected chi connectivity index (χ4v) is 0.814. The molecule has 0 aliphatic carbocycles. The molecule has 9 heavy (non-hydrogen) atoms. The first-order chi connectivity index (χ1) is 4.13. The number of halogens is 2. The highest BCUT2D eigenvalue weighted by molar-refractivity contribution is 6.44. The summed E-state index contributed by atoms with van der Waals surface area (Å²) in [5.41, 5.74) is 0.